The molecule has 2 fully saturated rings. The summed E-state index contributed by atoms with van der Waals surface area (Å²) in [5.41, 5.74) is 0.0338. The third kappa shape index (κ3) is 3.90. The van der Waals surface area contributed by atoms with Crippen molar-refractivity contribution in [1.82, 2.24) is 19.9 Å². The van der Waals surface area contributed by atoms with Gasteiger partial charge in [0, 0.05) is 18.9 Å². The lowest BCUT2D eigenvalue weighted by Crippen LogP contribution is -2.55. The molecule has 8 heteroatoms. The first-order valence-corrected chi connectivity index (χ1v) is 9.37. The molecule has 1 amide bonds. The maximum Gasteiger partial charge on any atom is 0.326 e. The highest BCUT2D eigenvalue weighted by Gasteiger charge is 2.43. The number of rotatable bonds is 5. The van der Waals surface area contributed by atoms with E-state index in [4.69, 9.17) is 4.52 Å². The number of carbonyl (C=O) groups excluding carboxylic acids is 1. The fourth-order valence-corrected chi connectivity index (χ4v) is 3.88. The molecular formula is C18H28N4O4. The number of amides is 1. The van der Waals surface area contributed by atoms with Crippen LogP contribution in [0.2, 0.25) is 0 Å². The van der Waals surface area contributed by atoms with Gasteiger partial charge in [-0.25, -0.2) is 4.79 Å². The third-order valence-electron chi connectivity index (χ3n) is 5.80. The van der Waals surface area contributed by atoms with Gasteiger partial charge in [-0.05, 0) is 44.7 Å². The van der Waals surface area contributed by atoms with Crippen LogP contribution in [0.5, 0.6) is 0 Å². The second kappa shape index (κ2) is 7.34. The summed E-state index contributed by atoms with van der Waals surface area (Å²) in [6.45, 7) is 8.64. The predicted molar refractivity (Wildman–Crippen MR) is 93.4 cm³/mol. The molecule has 0 radical (unpaired) electrons. The number of aromatic nitrogens is 2. The first kappa shape index (κ1) is 18.8. The maximum atomic E-state index is 12.2. The highest BCUT2D eigenvalue weighted by Crippen LogP contribution is 2.41. The molecule has 26 heavy (non-hydrogen) atoms. The number of aliphatic carboxylic acids is 1. The summed E-state index contributed by atoms with van der Waals surface area (Å²) in [6.07, 6.45) is 3.20. The van der Waals surface area contributed by atoms with Crippen molar-refractivity contribution in [3.05, 3.63) is 11.7 Å². The Hall–Kier alpha value is -1.96. The zero-order chi connectivity index (χ0) is 18.9. The standard InChI is InChI=1S/C18H28N4O4/c1-12(2)16-19-14(26-20-16)10-21-8-6-18(7-9-21)5-4-15(23)22(11-18)13(3)17(24)25/h12-13H,4-11H2,1-3H3,(H,24,25)/t13-/m1/s1. The Morgan fingerprint density at radius 2 is 1.96 bits per heavy atom. The highest BCUT2D eigenvalue weighted by molar-refractivity contribution is 5.84. The Morgan fingerprint density at radius 3 is 2.54 bits per heavy atom. The molecule has 2 saturated heterocycles. The minimum Gasteiger partial charge on any atom is -0.480 e. The van der Waals surface area contributed by atoms with Crippen LogP contribution in [-0.4, -0.2) is 62.6 Å². The van der Waals surface area contributed by atoms with Crippen LogP contribution in [0.4, 0.5) is 0 Å². The van der Waals surface area contributed by atoms with E-state index >= 15 is 0 Å². The van der Waals surface area contributed by atoms with Crippen molar-refractivity contribution in [3.63, 3.8) is 0 Å². The molecule has 0 bridgehead atoms. The van der Waals surface area contributed by atoms with E-state index in [1.165, 1.54) is 0 Å². The molecule has 1 atom stereocenters. The second-order valence-electron chi connectivity index (χ2n) is 8.01. The van der Waals surface area contributed by atoms with E-state index in [2.05, 4.69) is 15.0 Å². The predicted octanol–water partition coefficient (Wildman–Crippen LogP) is 1.87. The van der Waals surface area contributed by atoms with Crippen LogP contribution in [0.15, 0.2) is 4.52 Å². The summed E-state index contributed by atoms with van der Waals surface area (Å²) in [6, 6.07) is -0.759. The number of carboxylic acid groups (broad SMARTS) is 1. The van der Waals surface area contributed by atoms with Crippen LogP contribution < -0.4 is 0 Å². The summed E-state index contributed by atoms with van der Waals surface area (Å²) in [4.78, 5) is 31.7. The molecule has 1 N–H and O–H groups in total. The molecule has 144 valence electrons. The van der Waals surface area contributed by atoms with E-state index in [1.807, 2.05) is 13.8 Å². The molecule has 3 rings (SSSR count). The minimum absolute atomic E-state index is 0.0338. The molecule has 0 saturated carbocycles. The first-order chi connectivity index (χ1) is 12.3. The molecule has 0 unspecified atom stereocenters. The lowest BCUT2D eigenvalue weighted by molar-refractivity contribution is -0.155. The highest BCUT2D eigenvalue weighted by atomic mass is 16.5. The van der Waals surface area contributed by atoms with Gasteiger partial charge >= 0.3 is 5.97 Å². The van der Waals surface area contributed by atoms with Gasteiger partial charge in [0.2, 0.25) is 11.8 Å². The van der Waals surface area contributed by atoms with Gasteiger partial charge in [-0.15, -0.1) is 0 Å². The van der Waals surface area contributed by atoms with Crippen molar-refractivity contribution in [2.24, 2.45) is 5.41 Å². The molecule has 1 aromatic rings. The van der Waals surface area contributed by atoms with Gasteiger partial charge in [-0.1, -0.05) is 19.0 Å². The number of hydrogen-bond acceptors (Lipinski definition) is 6. The lowest BCUT2D eigenvalue weighted by atomic mass is 9.72. The van der Waals surface area contributed by atoms with E-state index < -0.39 is 12.0 Å². The van der Waals surface area contributed by atoms with Gasteiger partial charge < -0.3 is 14.5 Å². The number of piperidine rings is 2. The van der Waals surface area contributed by atoms with Crippen LogP contribution in [0.1, 0.15) is 64.1 Å². The molecule has 1 aromatic heterocycles. The molecule has 1 spiro atoms. The molecule has 3 heterocycles. The second-order valence-corrected chi connectivity index (χ2v) is 8.01. The molecule has 0 aliphatic carbocycles. The summed E-state index contributed by atoms with van der Waals surface area (Å²) in [5.74, 6) is 0.645. The Labute approximate surface area is 153 Å². The molecule has 8 nitrogen and oxygen atoms in total. The van der Waals surface area contributed by atoms with E-state index in [0.717, 1.165) is 38.2 Å². The average molecular weight is 364 g/mol. The quantitative estimate of drug-likeness (QED) is 0.851. The number of nitrogens with zero attached hydrogens (tertiary/aromatic N) is 4. The SMILES string of the molecule is CC(C)c1noc(CN2CCC3(CCC(=O)N([C@H](C)C(=O)O)C3)CC2)n1. The van der Waals surface area contributed by atoms with Crippen molar-refractivity contribution in [3.8, 4) is 0 Å². The Kier molecular flexibility index (Phi) is 5.32. The van der Waals surface area contributed by atoms with Crippen LogP contribution in [0, 0.1) is 5.41 Å². The Morgan fingerprint density at radius 1 is 1.27 bits per heavy atom. The van der Waals surface area contributed by atoms with Crippen molar-refractivity contribution in [1.29, 1.82) is 0 Å². The Bertz CT molecular complexity index is 664. The number of likely N-dealkylation sites (tertiary alicyclic amines) is 2. The Balaban J connectivity index is 1.58. The number of carbonyl (C=O) groups is 2. The van der Waals surface area contributed by atoms with Crippen LogP contribution >= 0.6 is 0 Å². The normalized spacial score (nSPS) is 22.2. The van der Waals surface area contributed by atoms with Crippen molar-refractivity contribution in [2.45, 2.75) is 65.0 Å². The third-order valence-corrected chi connectivity index (χ3v) is 5.80. The van der Waals surface area contributed by atoms with Gasteiger partial charge in [0.25, 0.3) is 0 Å². The summed E-state index contributed by atoms with van der Waals surface area (Å²) >= 11 is 0. The molecule has 0 aromatic carbocycles. The zero-order valence-electron chi connectivity index (χ0n) is 15.8. The van der Waals surface area contributed by atoms with Gasteiger partial charge in [0.15, 0.2) is 5.82 Å². The lowest BCUT2D eigenvalue weighted by Gasteiger charge is -2.48. The largest absolute Gasteiger partial charge is 0.480 e. The van der Waals surface area contributed by atoms with Gasteiger partial charge in [-0.2, -0.15) is 4.98 Å². The summed E-state index contributed by atoms with van der Waals surface area (Å²) < 4.78 is 5.33. The summed E-state index contributed by atoms with van der Waals surface area (Å²) in [5, 5.41) is 13.3. The van der Waals surface area contributed by atoms with Gasteiger partial charge in [0.05, 0.1) is 6.54 Å². The smallest absolute Gasteiger partial charge is 0.326 e. The van der Waals surface area contributed by atoms with Crippen LogP contribution in [-0.2, 0) is 16.1 Å². The van der Waals surface area contributed by atoms with E-state index in [-0.39, 0.29) is 17.2 Å². The number of hydrogen-bond donors (Lipinski definition) is 1. The minimum atomic E-state index is -0.940. The topological polar surface area (TPSA) is 99.8 Å². The molecule has 2 aliphatic heterocycles. The van der Waals surface area contributed by atoms with E-state index in [9.17, 15) is 14.7 Å². The fourth-order valence-electron chi connectivity index (χ4n) is 3.88. The van der Waals surface area contributed by atoms with Crippen LogP contribution in [0.25, 0.3) is 0 Å². The monoisotopic (exact) mass is 364 g/mol. The van der Waals surface area contributed by atoms with Gasteiger partial charge in [-0.3, -0.25) is 9.69 Å². The zero-order valence-corrected chi connectivity index (χ0v) is 15.8. The van der Waals surface area contributed by atoms with Crippen LogP contribution in [0.3, 0.4) is 0 Å². The first-order valence-electron chi connectivity index (χ1n) is 9.37. The molecule has 2 aliphatic rings. The fraction of sp³-hybridized carbons (Fsp3) is 0.778. The van der Waals surface area contributed by atoms with E-state index in [0.29, 0.717) is 25.4 Å². The van der Waals surface area contributed by atoms with Crippen molar-refractivity contribution in [2.75, 3.05) is 19.6 Å². The van der Waals surface area contributed by atoms with Crippen molar-refractivity contribution >= 4 is 11.9 Å². The molecular weight excluding hydrogens is 336 g/mol. The van der Waals surface area contributed by atoms with E-state index in [1.54, 1.807) is 11.8 Å². The number of carboxylic acids is 1. The van der Waals surface area contributed by atoms with Gasteiger partial charge in [0.1, 0.15) is 6.04 Å². The average Bonchev–Trinajstić information content (AvgIpc) is 3.07. The van der Waals surface area contributed by atoms with Crippen molar-refractivity contribution < 1.29 is 19.2 Å². The summed E-state index contributed by atoms with van der Waals surface area (Å²) in [7, 11) is 0. The maximum absolute atomic E-state index is 12.2.